The first-order valence-electron chi connectivity index (χ1n) is 15.6. The molecular formula is C36H44N4O3. The Kier molecular flexibility index (Phi) is 10.2. The number of carbonyl (C=O) groups excluding carboxylic acids is 1. The minimum absolute atomic E-state index is 0.0686. The molecule has 4 aromatic rings. The quantitative estimate of drug-likeness (QED) is 0.172. The van der Waals surface area contributed by atoms with Crippen LogP contribution in [0.25, 0.3) is 22.6 Å². The third kappa shape index (κ3) is 7.46. The Balaban J connectivity index is 1.58. The molecule has 43 heavy (non-hydrogen) atoms. The Bertz CT molecular complexity index is 1490. The SMILES string of the molecule is CCCCn1c(-c2ccccc2)nc(-c2ccc(OC)cc2)c1CN(Cc1ccc(C(N)=O)c(O)c1)CC1CCCCC1. The number of rotatable bonds is 13. The maximum absolute atomic E-state index is 11.7. The van der Waals surface area contributed by atoms with Crippen molar-refractivity contribution in [3.63, 3.8) is 0 Å². The fourth-order valence-electron chi connectivity index (χ4n) is 6.27. The van der Waals surface area contributed by atoms with Crippen molar-refractivity contribution in [1.82, 2.24) is 14.5 Å². The van der Waals surface area contributed by atoms with Gasteiger partial charge in [0.1, 0.15) is 17.3 Å². The van der Waals surface area contributed by atoms with Crippen LogP contribution in [0.4, 0.5) is 0 Å². The van der Waals surface area contributed by atoms with E-state index >= 15 is 0 Å². The molecule has 1 aliphatic carbocycles. The first-order chi connectivity index (χ1) is 21.0. The topological polar surface area (TPSA) is 93.6 Å². The minimum atomic E-state index is -0.625. The summed E-state index contributed by atoms with van der Waals surface area (Å²) in [6.07, 6.45) is 8.46. The monoisotopic (exact) mass is 580 g/mol. The Morgan fingerprint density at radius 1 is 1.00 bits per heavy atom. The Hall–Kier alpha value is -4.10. The number of ether oxygens (including phenoxy) is 1. The lowest BCUT2D eigenvalue weighted by Crippen LogP contribution is -2.31. The Morgan fingerprint density at radius 2 is 1.74 bits per heavy atom. The van der Waals surface area contributed by atoms with Crippen LogP contribution >= 0.6 is 0 Å². The largest absolute Gasteiger partial charge is 0.507 e. The number of nitrogens with two attached hydrogens (primary N) is 1. The van der Waals surface area contributed by atoms with Gasteiger partial charge >= 0.3 is 0 Å². The fourth-order valence-corrected chi connectivity index (χ4v) is 6.27. The summed E-state index contributed by atoms with van der Waals surface area (Å²) in [5, 5.41) is 10.5. The molecule has 1 fully saturated rings. The van der Waals surface area contributed by atoms with E-state index in [4.69, 9.17) is 15.5 Å². The molecule has 1 amide bonds. The van der Waals surface area contributed by atoms with Crippen molar-refractivity contribution in [1.29, 1.82) is 0 Å². The molecule has 0 saturated heterocycles. The zero-order valence-corrected chi connectivity index (χ0v) is 25.5. The van der Waals surface area contributed by atoms with Crippen molar-refractivity contribution in [2.45, 2.75) is 71.5 Å². The van der Waals surface area contributed by atoms with Crippen LogP contribution in [0, 0.1) is 5.92 Å². The van der Waals surface area contributed by atoms with Gasteiger partial charge in [-0.1, -0.05) is 69.0 Å². The van der Waals surface area contributed by atoms with Gasteiger partial charge in [0.25, 0.3) is 5.91 Å². The lowest BCUT2D eigenvalue weighted by molar-refractivity contribution is 0.0997. The molecule has 7 nitrogen and oxygen atoms in total. The average Bonchev–Trinajstić information content (AvgIpc) is 3.38. The summed E-state index contributed by atoms with van der Waals surface area (Å²) >= 11 is 0. The molecular weight excluding hydrogens is 536 g/mol. The lowest BCUT2D eigenvalue weighted by atomic mass is 9.88. The van der Waals surface area contributed by atoms with E-state index in [9.17, 15) is 9.90 Å². The van der Waals surface area contributed by atoms with E-state index in [0.29, 0.717) is 19.0 Å². The summed E-state index contributed by atoms with van der Waals surface area (Å²) in [6.45, 7) is 5.41. The molecule has 0 aliphatic heterocycles. The van der Waals surface area contributed by atoms with Gasteiger partial charge in [-0.2, -0.15) is 0 Å². The zero-order valence-electron chi connectivity index (χ0n) is 25.5. The van der Waals surface area contributed by atoms with Gasteiger partial charge in [0.2, 0.25) is 0 Å². The van der Waals surface area contributed by atoms with E-state index < -0.39 is 5.91 Å². The van der Waals surface area contributed by atoms with Crippen molar-refractivity contribution in [2.75, 3.05) is 13.7 Å². The highest BCUT2D eigenvalue weighted by Gasteiger charge is 2.24. The van der Waals surface area contributed by atoms with E-state index in [1.165, 1.54) is 37.8 Å². The number of amides is 1. The second-order valence-corrected chi connectivity index (χ2v) is 11.7. The van der Waals surface area contributed by atoms with Crippen molar-refractivity contribution in [3.8, 4) is 34.1 Å². The van der Waals surface area contributed by atoms with Gasteiger partial charge < -0.3 is 20.1 Å². The van der Waals surface area contributed by atoms with Crippen LogP contribution in [0.1, 0.15) is 73.5 Å². The van der Waals surface area contributed by atoms with Crippen LogP contribution in [0.15, 0.2) is 72.8 Å². The highest BCUT2D eigenvalue weighted by atomic mass is 16.5. The van der Waals surface area contributed by atoms with E-state index in [2.05, 4.69) is 52.8 Å². The molecule has 1 saturated carbocycles. The van der Waals surface area contributed by atoms with Crippen molar-refractivity contribution >= 4 is 5.91 Å². The first kappa shape index (κ1) is 30.4. The summed E-state index contributed by atoms with van der Waals surface area (Å²) in [5.74, 6) is 1.73. The zero-order chi connectivity index (χ0) is 30.2. The van der Waals surface area contributed by atoms with Crippen LogP contribution in [-0.4, -0.2) is 39.1 Å². The van der Waals surface area contributed by atoms with Gasteiger partial charge in [-0.05, 0) is 67.1 Å². The van der Waals surface area contributed by atoms with Gasteiger partial charge in [0.15, 0.2) is 0 Å². The summed E-state index contributed by atoms with van der Waals surface area (Å²) in [5.41, 5.74) is 10.9. The van der Waals surface area contributed by atoms with E-state index in [1.54, 1.807) is 19.2 Å². The molecule has 1 aromatic heterocycles. The predicted octanol–water partition coefficient (Wildman–Crippen LogP) is 7.41. The van der Waals surface area contributed by atoms with Crippen molar-refractivity contribution < 1.29 is 14.6 Å². The molecule has 7 heteroatoms. The van der Waals surface area contributed by atoms with E-state index in [0.717, 1.165) is 59.9 Å². The average molecular weight is 581 g/mol. The number of hydrogen-bond donors (Lipinski definition) is 2. The first-order valence-corrected chi connectivity index (χ1v) is 15.6. The van der Waals surface area contributed by atoms with Crippen LogP contribution in [0.2, 0.25) is 0 Å². The number of aromatic nitrogens is 2. The van der Waals surface area contributed by atoms with Gasteiger partial charge in [-0.15, -0.1) is 0 Å². The summed E-state index contributed by atoms with van der Waals surface area (Å²) in [7, 11) is 1.68. The Labute approximate surface area is 255 Å². The maximum atomic E-state index is 11.7. The number of imidazole rings is 1. The number of hydrogen-bond acceptors (Lipinski definition) is 5. The van der Waals surface area contributed by atoms with Gasteiger partial charge in [-0.25, -0.2) is 4.98 Å². The number of benzene rings is 3. The molecule has 1 aliphatic rings. The number of aromatic hydroxyl groups is 1. The molecule has 0 spiro atoms. The molecule has 0 atom stereocenters. The second kappa shape index (κ2) is 14.4. The molecule has 1 heterocycles. The van der Waals surface area contributed by atoms with Gasteiger partial charge in [0, 0.05) is 37.3 Å². The number of phenols is 1. The summed E-state index contributed by atoms with van der Waals surface area (Å²) < 4.78 is 7.87. The van der Waals surface area contributed by atoms with Crippen LogP contribution in [0.5, 0.6) is 11.5 Å². The standard InChI is InChI=1S/C36H44N4O3/c1-3-4-21-40-32(34(28-16-18-30(43-2)19-17-28)38-36(40)29-13-9-6-10-14-29)25-39(23-26-11-7-5-8-12-26)24-27-15-20-31(35(37)42)33(41)22-27/h6,9-10,13-20,22,26,41H,3-5,7-8,11-12,21,23-25H2,1-2H3,(H2,37,42). The molecule has 3 aromatic carbocycles. The highest BCUT2D eigenvalue weighted by Crippen LogP contribution is 2.34. The van der Waals surface area contributed by atoms with Crippen molar-refractivity contribution in [2.24, 2.45) is 11.7 Å². The number of methoxy groups -OCH3 is 1. The lowest BCUT2D eigenvalue weighted by Gasteiger charge is -2.30. The number of carbonyl (C=O) groups is 1. The predicted molar refractivity (Wildman–Crippen MR) is 172 cm³/mol. The van der Waals surface area contributed by atoms with Gasteiger partial charge in [-0.3, -0.25) is 9.69 Å². The van der Waals surface area contributed by atoms with E-state index in [1.807, 2.05) is 24.3 Å². The van der Waals surface area contributed by atoms with Crippen LogP contribution < -0.4 is 10.5 Å². The fraction of sp³-hybridized carbons (Fsp3) is 0.389. The third-order valence-corrected chi connectivity index (χ3v) is 8.55. The van der Waals surface area contributed by atoms with Crippen LogP contribution in [0.3, 0.4) is 0 Å². The Morgan fingerprint density at radius 3 is 2.40 bits per heavy atom. The minimum Gasteiger partial charge on any atom is -0.507 e. The summed E-state index contributed by atoms with van der Waals surface area (Å²) in [6, 6.07) is 23.8. The summed E-state index contributed by atoms with van der Waals surface area (Å²) in [4.78, 5) is 19.6. The molecule has 0 radical (unpaired) electrons. The molecule has 5 rings (SSSR count). The van der Waals surface area contributed by atoms with Crippen molar-refractivity contribution in [3.05, 3.63) is 89.6 Å². The molecule has 0 unspecified atom stereocenters. The van der Waals surface area contributed by atoms with Crippen LogP contribution in [-0.2, 0) is 19.6 Å². The molecule has 3 N–H and O–H groups in total. The molecule has 226 valence electrons. The molecule has 0 bridgehead atoms. The number of primary amides is 1. The van der Waals surface area contributed by atoms with E-state index in [-0.39, 0.29) is 11.3 Å². The highest BCUT2D eigenvalue weighted by molar-refractivity contribution is 5.95. The smallest absolute Gasteiger partial charge is 0.252 e. The normalized spacial score (nSPS) is 13.8. The third-order valence-electron chi connectivity index (χ3n) is 8.55. The second-order valence-electron chi connectivity index (χ2n) is 11.7. The maximum Gasteiger partial charge on any atom is 0.252 e. The number of unbranched alkanes of at least 4 members (excludes halogenated alkanes) is 1. The van der Waals surface area contributed by atoms with Gasteiger partial charge in [0.05, 0.1) is 24.1 Å². The number of nitrogens with zero attached hydrogens (tertiary/aromatic N) is 3.